The van der Waals surface area contributed by atoms with Crippen molar-refractivity contribution in [2.75, 3.05) is 23.3 Å². The maximum atomic E-state index is 13.7. The van der Waals surface area contributed by atoms with E-state index >= 15 is 0 Å². The monoisotopic (exact) mass is 248 g/mol. The molecule has 0 bridgehead atoms. The molecule has 94 valence electrons. The fraction of sp³-hybridized carbons (Fsp3) is 0.143. The summed E-state index contributed by atoms with van der Waals surface area (Å²) in [6, 6.07) is 17.2. The van der Waals surface area contributed by atoms with Crippen LogP contribution in [0.4, 0.5) is 20.3 Å². The van der Waals surface area contributed by atoms with Crippen LogP contribution in [0.2, 0.25) is 0 Å². The fourth-order valence-electron chi connectivity index (χ4n) is 1.61. The van der Waals surface area contributed by atoms with Crippen LogP contribution in [0.15, 0.2) is 60.7 Å². The fourth-order valence-corrected chi connectivity index (χ4v) is 1.61. The zero-order valence-electron chi connectivity index (χ0n) is 9.84. The van der Waals surface area contributed by atoms with Crippen molar-refractivity contribution < 1.29 is 8.96 Å². The molecular weight excluding hydrogens is 234 g/mol. The molecule has 2 aromatic carbocycles. The molecule has 0 saturated carbocycles. The number of rotatable bonds is 5. The van der Waals surface area contributed by atoms with Gasteiger partial charge in [0.25, 0.3) is 0 Å². The predicted molar refractivity (Wildman–Crippen MR) is 69.8 cm³/mol. The van der Waals surface area contributed by atoms with Crippen LogP contribution in [-0.2, 0) is 0 Å². The predicted octanol–water partition coefficient (Wildman–Crippen LogP) is 3.77. The largest absolute Gasteiger partial charge is 0.210 e. The number of hydrogen-bond acceptors (Lipinski definition) is 2. The van der Waals surface area contributed by atoms with Gasteiger partial charge in [0.05, 0.1) is 24.5 Å². The Labute approximate surface area is 105 Å². The Balaban J connectivity index is 1.89. The lowest BCUT2D eigenvalue weighted by Gasteiger charge is -2.18. The molecule has 0 aliphatic carbocycles. The van der Waals surface area contributed by atoms with E-state index in [1.807, 2.05) is 12.1 Å². The molecule has 0 saturated heterocycles. The van der Waals surface area contributed by atoms with Crippen LogP contribution in [-0.4, -0.2) is 13.1 Å². The van der Waals surface area contributed by atoms with Crippen LogP contribution >= 0.6 is 0 Å². The lowest BCUT2D eigenvalue weighted by Crippen LogP contribution is -2.25. The van der Waals surface area contributed by atoms with E-state index in [4.69, 9.17) is 0 Å². The SMILES string of the molecule is FN(CCN(F)c1ccccc1)c1ccccc1. The maximum absolute atomic E-state index is 13.7. The molecule has 0 amide bonds. The van der Waals surface area contributed by atoms with E-state index < -0.39 is 0 Å². The summed E-state index contributed by atoms with van der Waals surface area (Å²) in [6.45, 7) is -0.0647. The smallest absolute Gasteiger partial charge is 0.0709 e. The molecule has 0 fully saturated rings. The number of halogens is 2. The van der Waals surface area contributed by atoms with Crippen LogP contribution in [0.25, 0.3) is 0 Å². The highest BCUT2D eigenvalue weighted by Gasteiger charge is 2.08. The molecule has 2 nitrogen and oxygen atoms in total. The van der Waals surface area contributed by atoms with E-state index in [2.05, 4.69) is 0 Å². The zero-order valence-corrected chi connectivity index (χ0v) is 9.84. The summed E-state index contributed by atoms with van der Waals surface area (Å²) in [4.78, 5) is 0. The van der Waals surface area contributed by atoms with Crippen molar-refractivity contribution in [1.29, 1.82) is 0 Å². The first-order chi connectivity index (χ1) is 8.77. The lowest BCUT2D eigenvalue weighted by molar-refractivity contribution is 0.387. The molecule has 0 radical (unpaired) electrons. The van der Waals surface area contributed by atoms with Crippen molar-refractivity contribution >= 4 is 11.4 Å². The van der Waals surface area contributed by atoms with Crippen LogP contribution in [0, 0.1) is 0 Å². The van der Waals surface area contributed by atoms with Crippen molar-refractivity contribution in [3.05, 3.63) is 60.7 Å². The zero-order chi connectivity index (χ0) is 12.8. The molecule has 0 N–H and O–H groups in total. The average molecular weight is 248 g/mol. The highest BCUT2D eigenvalue weighted by Crippen LogP contribution is 2.16. The third kappa shape index (κ3) is 3.20. The average Bonchev–Trinajstić information content (AvgIpc) is 2.46. The first-order valence-corrected chi connectivity index (χ1v) is 5.74. The quantitative estimate of drug-likeness (QED) is 0.743. The lowest BCUT2D eigenvalue weighted by atomic mass is 10.3. The molecule has 0 aromatic heterocycles. The van der Waals surface area contributed by atoms with E-state index in [0.717, 1.165) is 0 Å². The van der Waals surface area contributed by atoms with Gasteiger partial charge in [-0.25, -0.2) is 10.2 Å². The Morgan fingerprint density at radius 2 is 0.944 bits per heavy atom. The molecule has 0 heterocycles. The molecule has 2 rings (SSSR count). The van der Waals surface area contributed by atoms with E-state index in [-0.39, 0.29) is 13.1 Å². The summed E-state index contributed by atoms with van der Waals surface area (Å²) in [5, 5.41) is 1.07. The summed E-state index contributed by atoms with van der Waals surface area (Å²) >= 11 is 0. The second-order valence-corrected chi connectivity index (χ2v) is 3.84. The van der Waals surface area contributed by atoms with Gasteiger partial charge in [0, 0.05) is 0 Å². The Bertz CT molecular complexity index is 416. The van der Waals surface area contributed by atoms with Gasteiger partial charge in [0.15, 0.2) is 0 Å². The van der Waals surface area contributed by atoms with E-state index in [1.165, 1.54) is 0 Å². The minimum absolute atomic E-state index is 0.0323. The first-order valence-electron chi connectivity index (χ1n) is 5.74. The van der Waals surface area contributed by atoms with E-state index in [1.54, 1.807) is 48.5 Å². The third-order valence-electron chi connectivity index (χ3n) is 2.57. The standard InChI is InChI=1S/C14H14F2N2/c15-17(13-7-3-1-4-8-13)11-12-18(16)14-9-5-2-6-10-14/h1-10H,11-12H2. The number of anilines is 2. The van der Waals surface area contributed by atoms with Gasteiger partial charge in [0.2, 0.25) is 0 Å². The Morgan fingerprint density at radius 1 is 0.611 bits per heavy atom. The Kier molecular flexibility index (Phi) is 4.12. The number of hydrogen-bond donors (Lipinski definition) is 0. The maximum Gasteiger partial charge on any atom is 0.0709 e. The number of nitrogens with zero attached hydrogens (tertiary/aromatic N) is 2. The van der Waals surface area contributed by atoms with Crippen LogP contribution in [0.1, 0.15) is 0 Å². The van der Waals surface area contributed by atoms with Crippen molar-refractivity contribution in [1.82, 2.24) is 0 Å². The van der Waals surface area contributed by atoms with Gasteiger partial charge < -0.3 is 0 Å². The summed E-state index contributed by atoms with van der Waals surface area (Å²) in [5.74, 6) is 0. The van der Waals surface area contributed by atoms with E-state index in [9.17, 15) is 8.96 Å². The van der Waals surface area contributed by atoms with Gasteiger partial charge in [-0.2, -0.15) is 0 Å². The topological polar surface area (TPSA) is 6.48 Å². The molecule has 0 aliphatic heterocycles. The highest BCUT2D eigenvalue weighted by molar-refractivity contribution is 5.45. The Morgan fingerprint density at radius 3 is 1.28 bits per heavy atom. The molecule has 0 unspecified atom stereocenters. The molecule has 0 atom stereocenters. The molecule has 0 spiro atoms. The van der Waals surface area contributed by atoms with Crippen molar-refractivity contribution in [2.24, 2.45) is 0 Å². The van der Waals surface area contributed by atoms with Crippen molar-refractivity contribution in [2.45, 2.75) is 0 Å². The van der Waals surface area contributed by atoms with Gasteiger partial charge in [0.1, 0.15) is 0 Å². The summed E-state index contributed by atoms with van der Waals surface area (Å²) < 4.78 is 27.3. The van der Waals surface area contributed by atoms with Gasteiger partial charge in [-0.15, -0.1) is 0 Å². The van der Waals surface area contributed by atoms with Crippen LogP contribution in [0.5, 0.6) is 0 Å². The molecule has 0 aliphatic rings. The minimum atomic E-state index is -0.0323. The van der Waals surface area contributed by atoms with Gasteiger partial charge in [-0.3, -0.25) is 0 Å². The highest BCUT2D eigenvalue weighted by atomic mass is 19.2. The van der Waals surface area contributed by atoms with Gasteiger partial charge >= 0.3 is 0 Å². The summed E-state index contributed by atoms with van der Waals surface area (Å²) in [6.07, 6.45) is 0. The normalized spacial score (nSPS) is 10.1. The second-order valence-electron chi connectivity index (χ2n) is 3.84. The number of para-hydroxylation sites is 2. The minimum Gasteiger partial charge on any atom is -0.210 e. The molecule has 18 heavy (non-hydrogen) atoms. The first kappa shape index (κ1) is 12.4. The molecule has 4 heteroatoms. The van der Waals surface area contributed by atoms with Gasteiger partial charge in [-0.1, -0.05) is 45.4 Å². The number of benzene rings is 2. The van der Waals surface area contributed by atoms with E-state index in [0.29, 0.717) is 21.6 Å². The Hall–Kier alpha value is -2.10. The molecule has 2 aromatic rings. The summed E-state index contributed by atoms with van der Waals surface area (Å²) in [7, 11) is 0. The van der Waals surface area contributed by atoms with Crippen LogP contribution in [0.3, 0.4) is 0 Å². The van der Waals surface area contributed by atoms with Crippen molar-refractivity contribution in [3.8, 4) is 0 Å². The third-order valence-corrected chi connectivity index (χ3v) is 2.57. The van der Waals surface area contributed by atoms with Crippen LogP contribution < -0.4 is 10.2 Å². The second kappa shape index (κ2) is 6.00. The molecular formula is C14H14F2N2. The van der Waals surface area contributed by atoms with Gasteiger partial charge in [-0.05, 0) is 24.3 Å². The van der Waals surface area contributed by atoms with Crippen molar-refractivity contribution in [3.63, 3.8) is 0 Å². The summed E-state index contributed by atoms with van der Waals surface area (Å²) in [5.41, 5.74) is 0.859.